The van der Waals surface area contributed by atoms with Gasteiger partial charge in [0.25, 0.3) is 0 Å². The molecule has 0 radical (unpaired) electrons. The second-order valence-corrected chi connectivity index (χ2v) is 3.52. The van der Waals surface area contributed by atoms with Crippen LogP contribution in [0.1, 0.15) is 18.1 Å². The van der Waals surface area contributed by atoms with E-state index in [1.165, 1.54) is 11.3 Å². The maximum atomic E-state index is 11.0. The molecule has 0 amide bonds. The van der Waals surface area contributed by atoms with E-state index in [0.717, 1.165) is 18.5 Å². The van der Waals surface area contributed by atoms with Crippen LogP contribution in [-0.2, 0) is 16.0 Å². The first-order valence-corrected chi connectivity index (χ1v) is 5.35. The molecule has 1 heterocycles. The van der Waals surface area contributed by atoms with Gasteiger partial charge in [-0.1, -0.05) is 5.92 Å². The number of esters is 1. The molecule has 1 aliphatic rings. The third-order valence-corrected chi connectivity index (χ3v) is 2.40. The Kier molecular flexibility index (Phi) is 3.11. The Morgan fingerprint density at radius 2 is 2.44 bits per heavy atom. The molecule has 16 heavy (non-hydrogen) atoms. The third-order valence-electron chi connectivity index (χ3n) is 2.40. The number of carbonyl (C=O) groups excluding carboxylic acids is 1. The number of carbonyl (C=O) groups is 1. The Hall–Kier alpha value is -1.95. The van der Waals surface area contributed by atoms with Crippen molar-refractivity contribution in [3.63, 3.8) is 0 Å². The highest BCUT2D eigenvalue weighted by molar-refractivity contribution is 5.89. The average molecular weight is 215 g/mol. The monoisotopic (exact) mass is 215 g/mol. The van der Waals surface area contributed by atoms with Crippen molar-refractivity contribution in [3.8, 4) is 11.8 Å². The number of benzene rings is 1. The molecule has 0 spiro atoms. The van der Waals surface area contributed by atoms with Crippen LogP contribution in [-0.4, -0.2) is 19.1 Å². The Labute approximate surface area is 94.8 Å². The van der Waals surface area contributed by atoms with Gasteiger partial charge >= 0.3 is 5.97 Å². The van der Waals surface area contributed by atoms with E-state index in [2.05, 4.69) is 17.2 Å². The minimum atomic E-state index is -0.471. The van der Waals surface area contributed by atoms with Crippen molar-refractivity contribution in [3.05, 3.63) is 29.3 Å². The summed E-state index contributed by atoms with van der Waals surface area (Å²) < 4.78 is 4.73. The van der Waals surface area contributed by atoms with Gasteiger partial charge < -0.3 is 10.1 Å². The number of nitrogens with one attached hydrogen (secondary N) is 1. The van der Waals surface area contributed by atoms with Crippen LogP contribution in [0.25, 0.3) is 0 Å². The van der Waals surface area contributed by atoms with Crippen LogP contribution < -0.4 is 5.32 Å². The highest BCUT2D eigenvalue weighted by Crippen LogP contribution is 2.22. The van der Waals surface area contributed by atoms with Crippen LogP contribution in [0.15, 0.2) is 18.2 Å². The molecule has 3 nitrogen and oxygen atoms in total. The van der Waals surface area contributed by atoms with Gasteiger partial charge in [-0.25, -0.2) is 4.79 Å². The zero-order valence-electron chi connectivity index (χ0n) is 9.17. The number of hydrogen-bond donors (Lipinski definition) is 1. The molecule has 2 rings (SSSR count). The fourth-order valence-electron chi connectivity index (χ4n) is 1.67. The van der Waals surface area contributed by atoms with Gasteiger partial charge in [0.15, 0.2) is 0 Å². The van der Waals surface area contributed by atoms with Gasteiger partial charge in [0, 0.05) is 23.7 Å². The molecule has 3 heteroatoms. The first-order valence-electron chi connectivity index (χ1n) is 5.35. The number of anilines is 1. The van der Waals surface area contributed by atoms with Crippen molar-refractivity contribution in [1.82, 2.24) is 0 Å². The molecule has 0 saturated heterocycles. The van der Waals surface area contributed by atoms with Crippen LogP contribution in [0.3, 0.4) is 0 Å². The molecule has 0 atom stereocenters. The van der Waals surface area contributed by atoms with E-state index in [9.17, 15) is 4.79 Å². The maximum Gasteiger partial charge on any atom is 0.384 e. The molecule has 1 aromatic rings. The van der Waals surface area contributed by atoms with E-state index in [-0.39, 0.29) is 0 Å². The molecular weight excluding hydrogens is 202 g/mol. The summed E-state index contributed by atoms with van der Waals surface area (Å²) in [6.07, 6.45) is 1.02. The molecule has 0 aromatic heterocycles. The van der Waals surface area contributed by atoms with Crippen LogP contribution in [0.2, 0.25) is 0 Å². The van der Waals surface area contributed by atoms with E-state index >= 15 is 0 Å². The van der Waals surface area contributed by atoms with E-state index in [1.54, 1.807) is 6.92 Å². The summed E-state index contributed by atoms with van der Waals surface area (Å²) in [4.78, 5) is 11.0. The predicted molar refractivity (Wildman–Crippen MR) is 62.1 cm³/mol. The predicted octanol–water partition coefficient (Wildman–Crippen LogP) is 1.57. The van der Waals surface area contributed by atoms with Gasteiger partial charge in [-0.15, -0.1) is 0 Å². The lowest BCUT2D eigenvalue weighted by atomic mass is 10.1. The molecule has 0 aliphatic carbocycles. The molecule has 0 bridgehead atoms. The van der Waals surface area contributed by atoms with Crippen LogP contribution in [0.4, 0.5) is 5.69 Å². The number of hydrogen-bond acceptors (Lipinski definition) is 3. The number of fused-ring (bicyclic) bond motifs is 1. The van der Waals surface area contributed by atoms with Crippen molar-refractivity contribution in [2.24, 2.45) is 0 Å². The second-order valence-electron chi connectivity index (χ2n) is 3.52. The van der Waals surface area contributed by atoms with Crippen LogP contribution in [0.5, 0.6) is 0 Å². The molecular formula is C13H13NO2. The van der Waals surface area contributed by atoms with E-state index < -0.39 is 5.97 Å². The average Bonchev–Trinajstić information content (AvgIpc) is 2.74. The summed E-state index contributed by atoms with van der Waals surface area (Å²) in [7, 11) is 0. The van der Waals surface area contributed by atoms with Crippen molar-refractivity contribution in [2.75, 3.05) is 18.5 Å². The first-order chi connectivity index (χ1) is 7.79. The zero-order valence-corrected chi connectivity index (χ0v) is 9.17. The summed E-state index contributed by atoms with van der Waals surface area (Å²) in [5.41, 5.74) is 3.29. The van der Waals surface area contributed by atoms with Crippen molar-refractivity contribution in [1.29, 1.82) is 0 Å². The third kappa shape index (κ3) is 2.34. The summed E-state index contributed by atoms with van der Waals surface area (Å²) in [5.74, 6) is 4.79. The number of ether oxygens (including phenoxy) is 1. The topological polar surface area (TPSA) is 38.3 Å². The fraction of sp³-hybridized carbons (Fsp3) is 0.308. The molecule has 0 unspecified atom stereocenters. The molecule has 1 aliphatic heterocycles. The Morgan fingerprint density at radius 1 is 1.56 bits per heavy atom. The largest absolute Gasteiger partial charge is 0.456 e. The molecule has 82 valence electrons. The lowest BCUT2D eigenvalue weighted by Gasteiger charge is -1.98. The summed E-state index contributed by atoms with van der Waals surface area (Å²) in [6.45, 7) is 3.10. The normalized spacial score (nSPS) is 12.1. The Balaban J connectivity index is 2.13. The van der Waals surface area contributed by atoms with Gasteiger partial charge in [0.05, 0.1) is 6.61 Å². The van der Waals surface area contributed by atoms with Crippen molar-refractivity contribution < 1.29 is 9.53 Å². The van der Waals surface area contributed by atoms with Crippen molar-refractivity contribution in [2.45, 2.75) is 13.3 Å². The Morgan fingerprint density at radius 3 is 3.25 bits per heavy atom. The van der Waals surface area contributed by atoms with Gasteiger partial charge in [-0.3, -0.25) is 0 Å². The second kappa shape index (κ2) is 4.71. The van der Waals surface area contributed by atoms with E-state index in [0.29, 0.717) is 6.61 Å². The smallest absolute Gasteiger partial charge is 0.384 e. The van der Waals surface area contributed by atoms with Gasteiger partial charge in [-0.2, -0.15) is 0 Å². The minimum Gasteiger partial charge on any atom is -0.456 e. The first kappa shape index (κ1) is 10.6. The standard InChI is InChI=1S/C13H13NO2/c1-2-16-13(15)6-4-10-3-5-12-11(9-10)7-8-14-12/h3,5,9,14H,2,7-8H2,1H3. The van der Waals surface area contributed by atoms with Gasteiger partial charge in [0.1, 0.15) is 0 Å². The minimum absolute atomic E-state index is 0.363. The van der Waals surface area contributed by atoms with Crippen molar-refractivity contribution >= 4 is 11.7 Å². The van der Waals surface area contributed by atoms with Crippen LogP contribution >= 0.6 is 0 Å². The van der Waals surface area contributed by atoms with E-state index in [4.69, 9.17) is 4.74 Å². The SMILES string of the molecule is CCOC(=O)C#Cc1ccc2c(c1)CCN2. The maximum absolute atomic E-state index is 11.0. The lowest BCUT2D eigenvalue weighted by Crippen LogP contribution is -1.99. The fourth-order valence-corrected chi connectivity index (χ4v) is 1.67. The highest BCUT2D eigenvalue weighted by atomic mass is 16.5. The molecule has 0 fully saturated rings. The van der Waals surface area contributed by atoms with E-state index in [1.807, 2.05) is 18.2 Å². The Bertz CT molecular complexity index is 469. The zero-order chi connectivity index (χ0) is 11.4. The number of rotatable bonds is 1. The van der Waals surface area contributed by atoms with Gasteiger partial charge in [0.2, 0.25) is 0 Å². The quantitative estimate of drug-likeness (QED) is 0.571. The summed E-state index contributed by atoms with van der Waals surface area (Å²) in [6, 6.07) is 5.92. The summed E-state index contributed by atoms with van der Waals surface area (Å²) >= 11 is 0. The molecule has 1 aromatic carbocycles. The highest BCUT2D eigenvalue weighted by Gasteiger charge is 2.08. The van der Waals surface area contributed by atoms with Gasteiger partial charge in [-0.05, 0) is 37.1 Å². The van der Waals surface area contributed by atoms with Crippen LogP contribution in [0, 0.1) is 11.8 Å². The lowest BCUT2D eigenvalue weighted by molar-refractivity contribution is -0.136. The summed E-state index contributed by atoms with van der Waals surface area (Å²) in [5, 5.41) is 3.27. The molecule has 0 saturated carbocycles. The molecule has 1 N–H and O–H groups in total.